The normalized spacial score (nSPS) is 18.0. The predicted molar refractivity (Wildman–Crippen MR) is 77.6 cm³/mol. The number of rotatable bonds is 3. The van der Waals surface area contributed by atoms with Gasteiger partial charge >= 0.3 is 5.97 Å². The van der Waals surface area contributed by atoms with Crippen molar-refractivity contribution in [1.82, 2.24) is 19.7 Å². The number of aromatic nitrogens is 3. The van der Waals surface area contributed by atoms with Gasteiger partial charge in [-0.1, -0.05) is 0 Å². The summed E-state index contributed by atoms with van der Waals surface area (Å²) < 4.78 is 15.5. The molecule has 1 aromatic carbocycles. The second-order valence-electron chi connectivity index (χ2n) is 5.35. The van der Waals surface area contributed by atoms with Gasteiger partial charge in [0.25, 0.3) is 5.91 Å². The van der Waals surface area contributed by atoms with Crippen LogP contribution in [0.15, 0.2) is 30.9 Å². The largest absolute Gasteiger partial charge is 0.480 e. The van der Waals surface area contributed by atoms with E-state index in [1.165, 1.54) is 34.4 Å². The Hall–Kier alpha value is -2.77. The molecule has 3 rings (SSSR count). The lowest BCUT2D eigenvalue weighted by Gasteiger charge is -2.33. The minimum absolute atomic E-state index is 0.125. The van der Waals surface area contributed by atoms with Crippen molar-refractivity contribution < 1.29 is 19.1 Å². The summed E-state index contributed by atoms with van der Waals surface area (Å²) in [5, 5.41) is 13.1. The van der Waals surface area contributed by atoms with Gasteiger partial charge in [-0.15, -0.1) is 0 Å². The Kier molecular flexibility index (Phi) is 4.05. The highest BCUT2D eigenvalue weighted by Gasteiger charge is 2.32. The Morgan fingerprint density at radius 2 is 2.13 bits per heavy atom. The smallest absolute Gasteiger partial charge is 0.326 e. The molecule has 1 N–H and O–H groups in total. The molecule has 1 aliphatic heterocycles. The maximum atomic E-state index is 14.2. The van der Waals surface area contributed by atoms with Gasteiger partial charge in [0.1, 0.15) is 30.2 Å². The summed E-state index contributed by atoms with van der Waals surface area (Å²) >= 11 is 0. The second kappa shape index (κ2) is 6.15. The highest BCUT2D eigenvalue weighted by Crippen LogP contribution is 2.21. The van der Waals surface area contributed by atoms with Crippen LogP contribution in [0.25, 0.3) is 5.69 Å². The van der Waals surface area contributed by atoms with Crippen LogP contribution >= 0.6 is 0 Å². The highest BCUT2D eigenvalue weighted by molar-refractivity contribution is 5.97. The molecule has 0 bridgehead atoms. The van der Waals surface area contributed by atoms with E-state index in [9.17, 15) is 19.1 Å². The summed E-state index contributed by atoms with van der Waals surface area (Å²) in [4.78, 5) is 28.9. The van der Waals surface area contributed by atoms with E-state index < -0.39 is 23.7 Å². The lowest BCUT2D eigenvalue weighted by atomic mass is 10.0. The molecule has 2 heterocycles. The van der Waals surface area contributed by atoms with Crippen LogP contribution in [0.4, 0.5) is 4.39 Å². The summed E-state index contributed by atoms with van der Waals surface area (Å²) in [6.45, 7) is 0.363. The molecule has 1 aliphatic rings. The molecular weight excluding hydrogens is 303 g/mol. The van der Waals surface area contributed by atoms with Gasteiger partial charge in [0.15, 0.2) is 0 Å². The molecule has 8 heteroatoms. The average Bonchev–Trinajstić information content (AvgIpc) is 3.08. The van der Waals surface area contributed by atoms with Crippen LogP contribution in [0.1, 0.15) is 29.6 Å². The van der Waals surface area contributed by atoms with Gasteiger partial charge in [-0.05, 0) is 37.5 Å². The standard InChI is InChI=1S/C15H15FN4O3/c16-11-7-10(4-5-12(11)20-9-17-8-18-20)14(21)19-6-2-1-3-13(19)15(22)23/h4-5,7-9,13H,1-3,6H2,(H,22,23)/t13-/m0/s1. The van der Waals surface area contributed by atoms with Crippen molar-refractivity contribution in [3.05, 3.63) is 42.2 Å². The van der Waals surface area contributed by atoms with Gasteiger partial charge in [0, 0.05) is 12.1 Å². The maximum Gasteiger partial charge on any atom is 0.326 e. The monoisotopic (exact) mass is 318 g/mol. The van der Waals surface area contributed by atoms with Crippen molar-refractivity contribution in [3.63, 3.8) is 0 Å². The van der Waals surface area contributed by atoms with E-state index in [-0.39, 0.29) is 11.3 Å². The molecule has 0 unspecified atom stereocenters. The number of carboxylic acids is 1. The number of hydrogen-bond acceptors (Lipinski definition) is 4. The van der Waals surface area contributed by atoms with Crippen LogP contribution in [0, 0.1) is 5.82 Å². The van der Waals surface area contributed by atoms with Gasteiger partial charge in [-0.3, -0.25) is 4.79 Å². The Morgan fingerprint density at radius 3 is 2.78 bits per heavy atom. The highest BCUT2D eigenvalue weighted by atomic mass is 19.1. The Balaban J connectivity index is 1.87. The average molecular weight is 318 g/mol. The fourth-order valence-corrected chi connectivity index (χ4v) is 2.76. The first-order valence-corrected chi connectivity index (χ1v) is 7.26. The Bertz CT molecular complexity index is 732. The molecule has 2 aromatic rings. The molecule has 0 saturated carbocycles. The van der Waals surface area contributed by atoms with E-state index in [2.05, 4.69) is 10.1 Å². The first kappa shape index (κ1) is 15.1. The number of benzene rings is 1. The van der Waals surface area contributed by atoms with Crippen molar-refractivity contribution in [3.8, 4) is 5.69 Å². The number of carbonyl (C=O) groups is 2. The zero-order valence-corrected chi connectivity index (χ0v) is 12.2. The predicted octanol–water partition coefficient (Wildman–Crippen LogP) is 1.49. The van der Waals surface area contributed by atoms with Crippen molar-refractivity contribution >= 4 is 11.9 Å². The second-order valence-corrected chi connectivity index (χ2v) is 5.35. The van der Waals surface area contributed by atoms with Crippen LogP contribution in [0.2, 0.25) is 0 Å². The summed E-state index contributed by atoms with van der Waals surface area (Å²) in [5.74, 6) is -2.12. The third kappa shape index (κ3) is 2.92. The van der Waals surface area contributed by atoms with Crippen molar-refractivity contribution in [2.75, 3.05) is 6.54 Å². The van der Waals surface area contributed by atoms with Crippen LogP contribution in [-0.2, 0) is 4.79 Å². The molecule has 120 valence electrons. The van der Waals surface area contributed by atoms with Crippen LogP contribution in [0.3, 0.4) is 0 Å². The minimum Gasteiger partial charge on any atom is -0.480 e. The summed E-state index contributed by atoms with van der Waals surface area (Å²) in [7, 11) is 0. The summed E-state index contributed by atoms with van der Waals surface area (Å²) in [6, 6.07) is 3.15. The molecule has 1 amide bonds. The third-order valence-corrected chi connectivity index (χ3v) is 3.91. The SMILES string of the molecule is O=C(O)[C@@H]1CCCCN1C(=O)c1ccc(-n2cncn2)c(F)c1. The molecule has 0 radical (unpaired) electrons. The third-order valence-electron chi connectivity index (χ3n) is 3.91. The molecule has 7 nitrogen and oxygen atoms in total. The summed E-state index contributed by atoms with van der Waals surface area (Å²) in [6.07, 6.45) is 4.56. The molecule has 23 heavy (non-hydrogen) atoms. The van der Waals surface area contributed by atoms with Crippen molar-refractivity contribution in [2.45, 2.75) is 25.3 Å². The molecular formula is C15H15FN4O3. The first-order valence-electron chi connectivity index (χ1n) is 7.26. The van der Waals surface area contributed by atoms with E-state index in [1.807, 2.05) is 0 Å². The maximum absolute atomic E-state index is 14.2. The van der Waals surface area contributed by atoms with E-state index in [0.29, 0.717) is 13.0 Å². The fourth-order valence-electron chi connectivity index (χ4n) is 2.76. The van der Waals surface area contributed by atoms with Gasteiger partial charge in [0.05, 0.1) is 0 Å². The van der Waals surface area contributed by atoms with Crippen LogP contribution in [0.5, 0.6) is 0 Å². The number of halogens is 1. The summed E-state index contributed by atoms with van der Waals surface area (Å²) in [5.41, 5.74) is 0.298. The van der Waals surface area contributed by atoms with Crippen molar-refractivity contribution in [2.24, 2.45) is 0 Å². The lowest BCUT2D eigenvalue weighted by molar-refractivity contribution is -0.143. The Labute approximate surface area is 131 Å². The van der Waals surface area contributed by atoms with Gasteiger partial charge in [0.2, 0.25) is 0 Å². The number of carboxylic acid groups (broad SMARTS) is 1. The number of hydrogen-bond donors (Lipinski definition) is 1. The number of nitrogens with zero attached hydrogens (tertiary/aromatic N) is 4. The number of likely N-dealkylation sites (tertiary alicyclic amines) is 1. The fraction of sp³-hybridized carbons (Fsp3) is 0.333. The zero-order valence-electron chi connectivity index (χ0n) is 12.2. The van der Waals surface area contributed by atoms with Crippen LogP contribution < -0.4 is 0 Å². The van der Waals surface area contributed by atoms with E-state index in [4.69, 9.17) is 0 Å². The van der Waals surface area contributed by atoms with Gasteiger partial charge in [-0.25, -0.2) is 18.9 Å². The molecule has 1 fully saturated rings. The molecule has 1 aromatic heterocycles. The minimum atomic E-state index is -1.03. The quantitative estimate of drug-likeness (QED) is 0.926. The number of amides is 1. The number of aliphatic carboxylic acids is 1. The van der Waals surface area contributed by atoms with E-state index >= 15 is 0 Å². The van der Waals surface area contributed by atoms with Crippen LogP contribution in [-0.4, -0.2) is 49.2 Å². The Morgan fingerprint density at radius 1 is 1.30 bits per heavy atom. The number of piperidine rings is 1. The van der Waals surface area contributed by atoms with Gasteiger partial charge in [-0.2, -0.15) is 5.10 Å². The molecule has 1 saturated heterocycles. The van der Waals surface area contributed by atoms with Crippen molar-refractivity contribution in [1.29, 1.82) is 0 Å². The molecule has 0 spiro atoms. The lowest BCUT2D eigenvalue weighted by Crippen LogP contribution is -2.48. The molecule has 0 aliphatic carbocycles. The van der Waals surface area contributed by atoms with E-state index in [0.717, 1.165) is 18.9 Å². The molecule has 1 atom stereocenters. The first-order chi connectivity index (χ1) is 11.1. The topological polar surface area (TPSA) is 88.3 Å². The number of carbonyl (C=O) groups excluding carboxylic acids is 1. The van der Waals surface area contributed by atoms with Gasteiger partial charge < -0.3 is 10.0 Å². The van der Waals surface area contributed by atoms with E-state index in [1.54, 1.807) is 0 Å². The zero-order chi connectivity index (χ0) is 16.4.